The minimum Gasteiger partial charge on any atom is -0.491 e. The van der Waals surface area contributed by atoms with Crippen LogP contribution in [0.3, 0.4) is 0 Å². The monoisotopic (exact) mass is 289 g/mol. The first kappa shape index (κ1) is 14.7. The van der Waals surface area contributed by atoms with Crippen LogP contribution in [0.15, 0.2) is 18.2 Å². The van der Waals surface area contributed by atoms with Gasteiger partial charge in [0.1, 0.15) is 5.75 Å². The van der Waals surface area contributed by atoms with Gasteiger partial charge in [-0.2, -0.15) is 0 Å². The van der Waals surface area contributed by atoms with Crippen molar-refractivity contribution < 1.29 is 14.0 Å². The van der Waals surface area contributed by atoms with Gasteiger partial charge in [0.05, 0.1) is 17.3 Å². The standard InChI is InChI=1S/C16H24BNO3/c1-15(2)16(3,4)21-17(20-15)13-9-6-11(18-5)10-14(13)19-12-7-8-12/h6,9-10,12,18H,7-8H2,1-5H3. The van der Waals surface area contributed by atoms with Crippen molar-refractivity contribution in [3.8, 4) is 5.75 Å². The summed E-state index contributed by atoms with van der Waals surface area (Å²) < 4.78 is 18.3. The molecule has 2 fully saturated rings. The van der Waals surface area contributed by atoms with Gasteiger partial charge >= 0.3 is 7.12 Å². The topological polar surface area (TPSA) is 39.7 Å². The van der Waals surface area contributed by atoms with Crippen molar-refractivity contribution in [2.24, 2.45) is 0 Å². The minimum absolute atomic E-state index is 0.337. The van der Waals surface area contributed by atoms with Crippen molar-refractivity contribution in [3.05, 3.63) is 18.2 Å². The SMILES string of the molecule is CNc1ccc(B2OC(C)(C)C(C)(C)O2)c(OC2CC2)c1. The van der Waals surface area contributed by atoms with Gasteiger partial charge in [-0.15, -0.1) is 0 Å². The van der Waals surface area contributed by atoms with E-state index in [1.807, 2.05) is 25.2 Å². The van der Waals surface area contributed by atoms with E-state index in [1.54, 1.807) is 0 Å². The Morgan fingerprint density at radius 3 is 2.29 bits per heavy atom. The summed E-state index contributed by atoms with van der Waals surface area (Å²) in [6.07, 6.45) is 2.61. The lowest BCUT2D eigenvalue weighted by atomic mass is 9.78. The molecule has 4 nitrogen and oxygen atoms in total. The lowest BCUT2D eigenvalue weighted by Crippen LogP contribution is -2.41. The first-order valence-electron chi connectivity index (χ1n) is 7.66. The molecule has 0 spiro atoms. The van der Waals surface area contributed by atoms with Crippen molar-refractivity contribution in [1.29, 1.82) is 0 Å². The first-order chi connectivity index (χ1) is 9.82. The molecule has 1 heterocycles. The molecular weight excluding hydrogens is 265 g/mol. The fraction of sp³-hybridized carbons (Fsp3) is 0.625. The average Bonchev–Trinajstić information content (AvgIpc) is 3.17. The molecule has 1 saturated carbocycles. The highest BCUT2D eigenvalue weighted by molar-refractivity contribution is 6.63. The van der Waals surface area contributed by atoms with Crippen LogP contribution in [-0.4, -0.2) is 31.5 Å². The Balaban J connectivity index is 1.91. The molecule has 0 aromatic heterocycles. The third-order valence-electron chi connectivity index (χ3n) is 4.63. The quantitative estimate of drug-likeness (QED) is 0.865. The number of anilines is 1. The lowest BCUT2D eigenvalue weighted by Gasteiger charge is -2.32. The van der Waals surface area contributed by atoms with Gasteiger partial charge in [0, 0.05) is 24.3 Å². The molecule has 3 rings (SSSR count). The lowest BCUT2D eigenvalue weighted by molar-refractivity contribution is 0.00578. The molecule has 2 aliphatic rings. The van der Waals surface area contributed by atoms with E-state index in [0.29, 0.717) is 6.10 Å². The Bertz CT molecular complexity index is 524. The molecule has 114 valence electrons. The van der Waals surface area contributed by atoms with E-state index in [4.69, 9.17) is 14.0 Å². The van der Waals surface area contributed by atoms with Crippen molar-refractivity contribution in [1.82, 2.24) is 0 Å². The summed E-state index contributed by atoms with van der Waals surface area (Å²) in [6, 6.07) is 6.09. The Morgan fingerprint density at radius 1 is 1.14 bits per heavy atom. The van der Waals surface area contributed by atoms with E-state index in [2.05, 4.69) is 33.0 Å². The maximum atomic E-state index is 6.14. The van der Waals surface area contributed by atoms with Crippen LogP contribution in [0.25, 0.3) is 0 Å². The number of hydrogen-bond donors (Lipinski definition) is 1. The fourth-order valence-corrected chi connectivity index (χ4v) is 2.32. The molecular formula is C16H24BNO3. The molecule has 1 aromatic rings. The molecule has 0 radical (unpaired) electrons. The van der Waals surface area contributed by atoms with Crippen LogP contribution in [-0.2, 0) is 9.31 Å². The molecule has 5 heteroatoms. The second kappa shape index (κ2) is 4.92. The van der Waals surface area contributed by atoms with Gasteiger partial charge in [-0.1, -0.05) is 6.07 Å². The van der Waals surface area contributed by atoms with Crippen molar-refractivity contribution in [2.75, 3.05) is 12.4 Å². The number of nitrogens with one attached hydrogen (secondary N) is 1. The number of rotatable bonds is 4. The van der Waals surface area contributed by atoms with Crippen molar-refractivity contribution >= 4 is 18.3 Å². The van der Waals surface area contributed by atoms with E-state index < -0.39 is 0 Å². The summed E-state index contributed by atoms with van der Waals surface area (Å²) in [5.74, 6) is 0.864. The van der Waals surface area contributed by atoms with Crippen LogP contribution in [0, 0.1) is 0 Å². The smallest absolute Gasteiger partial charge is 0.491 e. The molecule has 0 unspecified atom stereocenters. The zero-order chi connectivity index (χ0) is 15.3. The number of ether oxygens (including phenoxy) is 1. The molecule has 1 saturated heterocycles. The highest BCUT2D eigenvalue weighted by Crippen LogP contribution is 2.38. The van der Waals surface area contributed by atoms with Gasteiger partial charge in [0.15, 0.2) is 0 Å². The van der Waals surface area contributed by atoms with Crippen LogP contribution in [0.2, 0.25) is 0 Å². The second-order valence-electron chi connectivity index (χ2n) is 6.91. The Labute approximate surface area is 127 Å². The van der Waals surface area contributed by atoms with Crippen LogP contribution in [0.4, 0.5) is 5.69 Å². The Hall–Kier alpha value is -1.20. The maximum absolute atomic E-state index is 6.14. The van der Waals surface area contributed by atoms with Gasteiger partial charge < -0.3 is 19.4 Å². The van der Waals surface area contributed by atoms with Gasteiger partial charge in [0.2, 0.25) is 0 Å². The van der Waals surface area contributed by atoms with E-state index >= 15 is 0 Å². The van der Waals surface area contributed by atoms with Crippen LogP contribution >= 0.6 is 0 Å². The predicted molar refractivity (Wildman–Crippen MR) is 85.4 cm³/mol. The fourth-order valence-electron chi connectivity index (χ4n) is 2.32. The molecule has 1 aliphatic heterocycles. The van der Waals surface area contributed by atoms with Gasteiger partial charge in [-0.05, 0) is 46.6 Å². The molecule has 0 atom stereocenters. The summed E-state index contributed by atoms with van der Waals surface area (Å²) in [4.78, 5) is 0. The summed E-state index contributed by atoms with van der Waals surface area (Å²) in [7, 11) is 1.53. The van der Waals surface area contributed by atoms with E-state index in [0.717, 1.165) is 29.7 Å². The van der Waals surface area contributed by atoms with Crippen LogP contribution < -0.4 is 15.5 Å². The van der Waals surface area contributed by atoms with Crippen LogP contribution in [0.5, 0.6) is 5.75 Å². The van der Waals surface area contributed by atoms with Crippen LogP contribution in [0.1, 0.15) is 40.5 Å². The highest BCUT2D eigenvalue weighted by atomic mass is 16.7. The Morgan fingerprint density at radius 2 is 1.76 bits per heavy atom. The summed E-state index contributed by atoms with van der Waals surface area (Å²) >= 11 is 0. The summed E-state index contributed by atoms with van der Waals surface area (Å²) in [5.41, 5.74) is 1.33. The van der Waals surface area contributed by atoms with Crippen molar-refractivity contribution in [3.63, 3.8) is 0 Å². The normalized spacial score (nSPS) is 23.2. The zero-order valence-corrected chi connectivity index (χ0v) is 13.5. The molecule has 0 amide bonds. The largest absolute Gasteiger partial charge is 0.498 e. The predicted octanol–water partition coefficient (Wildman–Crippen LogP) is 2.57. The second-order valence-corrected chi connectivity index (χ2v) is 6.91. The third kappa shape index (κ3) is 2.77. The molecule has 0 bridgehead atoms. The highest BCUT2D eigenvalue weighted by Gasteiger charge is 2.52. The zero-order valence-electron chi connectivity index (χ0n) is 13.5. The van der Waals surface area contributed by atoms with E-state index in [9.17, 15) is 0 Å². The number of hydrogen-bond acceptors (Lipinski definition) is 4. The summed E-state index contributed by atoms with van der Waals surface area (Å²) in [6.45, 7) is 8.26. The van der Waals surface area contributed by atoms with Gasteiger partial charge in [-0.25, -0.2) is 0 Å². The minimum atomic E-state index is -0.380. The van der Waals surface area contributed by atoms with E-state index in [1.165, 1.54) is 0 Å². The number of benzene rings is 1. The van der Waals surface area contributed by atoms with E-state index in [-0.39, 0.29) is 18.3 Å². The average molecular weight is 289 g/mol. The molecule has 1 N–H and O–H groups in total. The van der Waals surface area contributed by atoms with Gasteiger partial charge in [-0.3, -0.25) is 0 Å². The Kier molecular flexibility index (Phi) is 3.45. The third-order valence-corrected chi connectivity index (χ3v) is 4.63. The van der Waals surface area contributed by atoms with Gasteiger partial charge in [0.25, 0.3) is 0 Å². The summed E-state index contributed by atoms with van der Waals surface area (Å²) in [5, 5.41) is 3.15. The first-order valence-corrected chi connectivity index (χ1v) is 7.66. The molecule has 1 aromatic carbocycles. The maximum Gasteiger partial charge on any atom is 0.498 e. The molecule has 1 aliphatic carbocycles. The van der Waals surface area contributed by atoms with Crippen molar-refractivity contribution in [2.45, 2.75) is 57.8 Å². The molecule has 21 heavy (non-hydrogen) atoms.